The van der Waals surface area contributed by atoms with Crippen LogP contribution in [-0.2, 0) is 16.0 Å². The van der Waals surface area contributed by atoms with Crippen molar-refractivity contribution < 1.29 is 9.59 Å². The number of hydrogen-bond acceptors (Lipinski definition) is 3. The van der Waals surface area contributed by atoms with Crippen molar-refractivity contribution in [1.29, 1.82) is 0 Å². The highest BCUT2D eigenvalue weighted by atomic mass is 16.2. The smallest absolute Gasteiger partial charge is 0.239 e. The third-order valence-corrected chi connectivity index (χ3v) is 3.68. The van der Waals surface area contributed by atoms with Gasteiger partial charge in [0.05, 0.1) is 13.1 Å². The second kappa shape index (κ2) is 7.11. The van der Waals surface area contributed by atoms with Gasteiger partial charge >= 0.3 is 0 Å². The summed E-state index contributed by atoms with van der Waals surface area (Å²) in [5.74, 6) is -0.259. The summed E-state index contributed by atoms with van der Waals surface area (Å²) < 4.78 is 0. The molecule has 5 heteroatoms. The summed E-state index contributed by atoms with van der Waals surface area (Å²) >= 11 is 0. The summed E-state index contributed by atoms with van der Waals surface area (Å²) in [5, 5.41) is 5.42. The lowest BCUT2D eigenvalue weighted by atomic mass is 10.1. The van der Waals surface area contributed by atoms with Crippen LogP contribution in [0.3, 0.4) is 0 Å². The standard InChI is InChI=1S/C16H23N3O2/c1-3-8-17-15(20)10-18-16(21)11-19-12(2)9-13-6-4-5-7-14(13)19/h4-7,12H,3,8-11H2,1-2H3,(H,17,20)(H,18,21)/t12-/m1/s1. The summed E-state index contributed by atoms with van der Waals surface area (Å²) in [6, 6.07) is 8.46. The molecule has 0 spiro atoms. The van der Waals surface area contributed by atoms with E-state index < -0.39 is 0 Å². The number of carbonyl (C=O) groups excluding carboxylic acids is 2. The fraction of sp³-hybridized carbons (Fsp3) is 0.500. The Kier molecular flexibility index (Phi) is 5.20. The Hall–Kier alpha value is -2.04. The van der Waals surface area contributed by atoms with E-state index in [4.69, 9.17) is 0 Å². The molecule has 1 aliphatic heterocycles. The highest BCUT2D eigenvalue weighted by molar-refractivity contribution is 5.87. The number of carbonyl (C=O) groups is 2. The summed E-state index contributed by atoms with van der Waals surface area (Å²) in [6.07, 6.45) is 1.85. The molecule has 2 rings (SSSR count). The molecule has 1 atom stereocenters. The lowest BCUT2D eigenvalue weighted by Crippen LogP contribution is -2.43. The van der Waals surface area contributed by atoms with Crippen molar-refractivity contribution in [1.82, 2.24) is 10.6 Å². The van der Waals surface area contributed by atoms with Gasteiger partial charge < -0.3 is 15.5 Å². The first-order valence-electron chi connectivity index (χ1n) is 7.49. The fourth-order valence-electron chi connectivity index (χ4n) is 2.59. The zero-order valence-corrected chi connectivity index (χ0v) is 12.7. The molecule has 1 heterocycles. The molecular weight excluding hydrogens is 266 g/mol. The highest BCUT2D eigenvalue weighted by Crippen LogP contribution is 2.31. The minimum atomic E-state index is -0.139. The molecule has 5 nitrogen and oxygen atoms in total. The van der Waals surface area contributed by atoms with Crippen LogP contribution in [0.15, 0.2) is 24.3 Å². The van der Waals surface area contributed by atoms with Gasteiger partial charge in [0, 0.05) is 18.3 Å². The Morgan fingerprint density at radius 1 is 1.24 bits per heavy atom. The first-order valence-corrected chi connectivity index (χ1v) is 7.49. The van der Waals surface area contributed by atoms with Crippen LogP contribution in [0.4, 0.5) is 5.69 Å². The molecular formula is C16H23N3O2. The number of hydrogen-bond donors (Lipinski definition) is 2. The van der Waals surface area contributed by atoms with Crippen molar-refractivity contribution in [2.45, 2.75) is 32.7 Å². The maximum atomic E-state index is 12.0. The number of fused-ring (bicyclic) bond motifs is 1. The number of nitrogens with zero attached hydrogens (tertiary/aromatic N) is 1. The van der Waals surface area contributed by atoms with Gasteiger partial charge in [-0.1, -0.05) is 25.1 Å². The van der Waals surface area contributed by atoms with Crippen LogP contribution in [0.2, 0.25) is 0 Å². The molecule has 0 fully saturated rings. The SMILES string of the molecule is CCCNC(=O)CNC(=O)CN1c2ccccc2C[C@H]1C. The van der Waals surface area contributed by atoms with Gasteiger partial charge in [-0.2, -0.15) is 0 Å². The van der Waals surface area contributed by atoms with Crippen molar-refractivity contribution in [3.8, 4) is 0 Å². The maximum Gasteiger partial charge on any atom is 0.239 e. The van der Waals surface area contributed by atoms with E-state index >= 15 is 0 Å². The van der Waals surface area contributed by atoms with E-state index in [2.05, 4.69) is 28.5 Å². The van der Waals surface area contributed by atoms with Gasteiger partial charge in [0.1, 0.15) is 0 Å². The van der Waals surface area contributed by atoms with Gasteiger partial charge in [0.2, 0.25) is 11.8 Å². The largest absolute Gasteiger partial charge is 0.359 e. The Balaban J connectivity index is 1.84. The second-order valence-electron chi connectivity index (χ2n) is 5.44. The van der Waals surface area contributed by atoms with Gasteiger partial charge in [-0.3, -0.25) is 9.59 Å². The molecule has 0 unspecified atom stereocenters. The highest BCUT2D eigenvalue weighted by Gasteiger charge is 2.26. The third-order valence-electron chi connectivity index (χ3n) is 3.68. The minimum Gasteiger partial charge on any atom is -0.359 e. The van der Waals surface area contributed by atoms with Crippen LogP contribution < -0.4 is 15.5 Å². The first kappa shape index (κ1) is 15.4. The molecule has 0 saturated heterocycles. The average Bonchev–Trinajstić information content (AvgIpc) is 2.79. The van der Waals surface area contributed by atoms with Crippen LogP contribution in [0, 0.1) is 0 Å². The lowest BCUT2D eigenvalue weighted by Gasteiger charge is -2.24. The molecule has 0 bridgehead atoms. The maximum absolute atomic E-state index is 12.0. The van der Waals surface area contributed by atoms with Crippen LogP contribution in [0.5, 0.6) is 0 Å². The monoisotopic (exact) mass is 289 g/mol. The topological polar surface area (TPSA) is 61.4 Å². The minimum absolute atomic E-state index is 0.0443. The van der Waals surface area contributed by atoms with E-state index in [-0.39, 0.29) is 18.4 Å². The molecule has 114 valence electrons. The number of amides is 2. The quantitative estimate of drug-likeness (QED) is 0.824. The zero-order valence-electron chi connectivity index (χ0n) is 12.7. The molecule has 2 amide bonds. The van der Waals surface area contributed by atoms with Crippen molar-refractivity contribution in [2.75, 3.05) is 24.5 Å². The number of nitrogens with one attached hydrogen (secondary N) is 2. The number of rotatable bonds is 6. The Bertz CT molecular complexity index is 516. The summed E-state index contributed by atoms with van der Waals surface area (Å²) in [4.78, 5) is 25.6. The number of para-hydroxylation sites is 1. The van der Waals surface area contributed by atoms with Gasteiger partial charge in [-0.25, -0.2) is 0 Å². The third kappa shape index (κ3) is 3.97. The first-order chi connectivity index (χ1) is 10.1. The van der Waals surface area contributed by atoms with Crippen molar-refractivity contribution >= 4 is 17.5 Å². The number of benzene rings is 1. The Morgan fingerprint density at radius 3 is 2.76 bits per heavy atom. The van der Waals surface area contributed by atoms with Gasteiger partial charge in [-0.15, -0.1) is 0 Å². The van der Waals surface area contributed by atoms with E-state index in [1.807, 2.05) is 25.1 Å². The Labute approximate surface area is 125 Å². The predicted octanol–water partition coefficient (Wildman–Crippen LogP) is 1.08. The molecule has 0 aliphatic carbocycles. The van der Waals surface area contributed by atoms with Crippen LogP contribution in [0.1, 0.15) is 25.8 Å². The number of anilines is 1. The van der Waals surface area contributed by atoms with E-state index in [0.29, 0.717) is 19.1 Å². The molecule has 1 aliphatic rings. The van der Waals surface area contributed by atoms with Crippen molar-refractivity contribution in [3.05, 3.63) is 29.8 Å². The average molecular weight is 289 g/mol. The van der Waals surface area contributed by atoms with Crippen LogP contribution in [0.25, 0.3) is 0 Å². The van der Waals surface area contributed by atoms with Crippen LogP contribution >= 0.6 is 0 Å². The summed E-state index contributed by atoms with van der Waals surface area (Å²) in [7, 11) is 0. The van der Waals surface area contributed by atoms with Crippen molar-refractivity contribution in [2.24, 2.45) is 0 Å². The van der Waals surface area contributed by atoms with E-state index in [0.717, 1.165) is 18.5 Å². The zero-order chi connectivity index (χ0) is 15.2. The molecule has 0 saturated carbocycles. The molecule has 21 heavy (non-hydrogen) atoms. The summed E-state index contributed by atoms with van der Waals surface area (Å²) in [6.45, 7) is 5.08. The molecule has 2 N–H and O–H groups in total. The summed E-state index contributed by atoms with van der Waals surface area (Å²) in [5.41, 5.74) is 2.40. The van der Waals surface area contributed by atoms with Crippen molar-refractivity contribution in [3.63, 3.8) is 0 Å². The van der Waals surface area contributed by atoms with E-state index in [1.165, 1.54) is 5.56 Å². The second-order valence-corrected chi connectivity index (χ2v) is 5.44. The predicted molar refractivity (Wildman–Crippen MR) is 83.3 cm³/mol. The van der Waals surface area contributed by atoms with Gasteiger partial charge in [-0.05, 0) is 31.4 Å². The Morgan fingerprint density at radius 2 is 2.00 bits per heavy atom. The molecule has 0 aromatic heterocycles. The normalized spacial score (nSPS) is 16.5. The molecule has 1 aromatic rings. The molecule has 1 aromatic carbocycles. The fourth-order valence-corrected chi connectivity index (χ4v) is 2.59. The molecule has 0 radical (unpaired) electrons. The van der Waals surface area contributed by atoms with Crippen LogP contribution in [-0.4, -0.2) is 37.5 Å². The lowest BCUT2D eigenvalue weighted by molar-refractivity contribution is -0.125. The van der Waals surface area contributed by atoms with Gasteiger partial charge in [0.15, 0.2) is 0 Å². The van der Waals surface area contributed by atoms with E-state index in [1.54, 1.807) is 0 Å². The van der Waals surface area contributed by atoms with E-state index in [9.17, 15) is 9.59 Å². The van der Waals surface area contributed by atoms with Gasteiger partial charge in [0.25, 0.3) is 0 Å².